The molecule has 2 rings (SSSR count). The standard InChI is InChI=1S/C12H15NO/c1-4-13-8-7-10-5-6-11(14-3)9(2)12(10)13/h5-8H,4H2,1-3H3. The average Bonchev–Trinajstić information content (AvgIpc) is 2.62. The van der Waals surface area contributed by atoms with Gasteiger partial charge in [0.2, 0.25) is 0 Å². The van der Waals surface area contributed by atoms with Crippen molar-refractivity contribution in [3.05, 3.63) is 30.0 Å². The van der Waals surface area contributed by atoms with Gasteiger partial charge < -0.3 is 9.30 Å². The van der Waals surface area contributed by atoms with Gasteiger partial charge in [0.25, 0.3) is 0 Å². The van der Waals surface area contributed by atoms with Crippen LogP contribution in [0.15, 0.2) is 24.4 Å². The summed E-state index contributed by atoms with van der Waals surface area (Å²) in [6.07, 6.45) is 2.12. The first-order valence-corrected chi connectivity index (χ1v) is 4.90. The summed E-state index contributed by atoms with van der Waals surface area (Å²) in [5.74, 6) is 0.964. The Labute approximate surface area is 84.1 Å². The van der Waals surface area contributed by atoms with E-state index in [9.17, 15) is 0 Å². The second-order valence-corrected chi connectivity index (χ2v) is 3.43. The fourth-order valence-corrected chi connectivity index (χ4v) is 1.95. The fraction of sp³-hybridized carbons (Fsp3) is 0.333. The summed E-state index contributed by atoms with van der Waals surface area (Å²) in [4.78, 5) is 0. The van der Waals surface area contributed by atoms with Gasteiger partial charge in [-0.3, -0.25) is 0 Å². The lowest BCUT2D eigenvalue weighted by Gasteiger charge is -2.08. The number of methoxy groups -OCH3 is 1. The number of hydrogen-bond acceptors (Lipinski definition) is 1. The van der Waals surface area contributed by atoms with Crippen LogP contribution in [-0.4, -0.2) is 11.7 Å². The minimum absolute atomic E-state index is 0.964. The molecule has 0 saturated heterocycles. The lowest BCUT2D eigenvalue weighted by molar-refractivity contribution is 0.412. The first-order chi connectivity index (χ1) is 6.77. The summed E-state index contributed by atoms with van der Waals surface area (Å²) in [5.41, 5.74) is 2.50. The predicted molar refractivity (Wildman–Crippen MR) is 58.9 cm³/mol. The van der Waals surface area contributed by atoms with Gasteiger partial charge in [0.05, 0.1) is 12.6 Å². The molecule has 2 heteroatoms. The molecule has 74 valence electrons. The second kappa shape index (κ2) is 3.37. The number of rotatable bonds is 2. The van der Waals surface area contributed by atoms with E-state index in [4.69, 9.17) is 4.74 Å². The van der Waals surface area contributed by atoms with E-state index in [1.807, 2.05) is 6.07 Å². The highest BCUT2D eigenvalue weighted by molar-refractivity contribution is 5.85. The number of hydrogen-bond donors (Lipinski definition) is 0. The minimum Gasteiger partial charge on any atom is -0.496 e. The van der Waals surface area contributed by atoms with Gasteiger partial charge in [0.1, 0.15) is 5.75 Å². The van der Waals surface area contributed by atoms with E-state index < -0.39 is 0 Å². The molecule has 0 bridgehead atoms. The predicted octanol–water partition coefficient (Wildman–Crippen LogP) is 2.98. The van der Waals surface area contributed by atoms with Crippen molar-refractivity contribution in [3.63, 3.8) is 0 Å². The van der Waals surface area contributed by atoms with Crippen LogP contribution in [0.1, 0.15) is 12.5 Å². The van der Waals surface area contributed by atoms with Crippen molar-refractivity contribution >= 4 is 10.9 Å². The number of ether oxygens (including phenoxy) is 1. The van der Waals surface area contributed by atoms with E-state index in [1.54, 1.807) is 7.11 Å². The highest BCUT2D eigenvalue weighted by Crippen LogP contribution is 2.27. The van der Waals surface area contributed by atoms with Gasteiger partial charge in [-0.1, -0.05) is 0 Å². The van der Waals surface area contributed by atoms with Crippen LogP contribution in [0.25, 0.3) is 10.9 Å². The van der Waals surface area contributed by atoms with E-state index in [0.29, 0.717) is 0 Å². The highest BCUT2D eigenvalue weighted by atomic mass is 16.5. The second-order valence-electron chi connectivity index (χ2n) is 3.43. The van der Waals surface area contributed by atoms with Gasteiger partial charge in [-0.25, -0.2) is 0 Å². The molecule has 0 saturated carbocycles. The van der Waals surface area contributed by atoms with E-state index in [2.05, 4.69) is 36.7 Å². The third kappa shape index (κ3) is 1.18. The molecule has 0 fully saturated rings. The molecule has 1 aromatic carbocycles. The van der Waals surface area contributed by atoms with Crippen molar-refractivity contribution in [2.75, 3.05) is 7.11 Å². The van der Waals surface area contributed by atoms with Crippen molar-refractivity contribution in [1.82, 2.24) is 4.57 Å². The zero-order chi connectivity index (χ0) is 10.1. The molecule has 0 N–H and O–H groups in total. The van der Waals surface area contributed by atoms with Crippen LogP contribution in [0.5, 0.6) is 5.75 Å². The maximum absolute atomic E-state index is 5.31. The molecule has 0 radical (unpaired) electrons. The highest BCUT2D eigenvalue weighted by Gasteiger charge is 2.06. The summed E-state index contributed by atoms with van der Waals surface area (Å²) >= 11 is 0. The monoisotopic (exact) mass is 189 g/mol. The van der Waals surface area contributed by atoms with Crippen LogP contribution >= 0.6 is 0 Å². The van der Waals surface area contributed by atoms with Gasteiger partial charge >= 0.3 is 0 Å². The number of aryl methyl sites for hydroxylation is 2. The van der Waals surface area contributed by atoms with Crippen LogP contribution < -0.4 is 4.74 Å². The lowest BCUT2D eigenvalue weighted by Crippen LogP contribution is -1.95. The minimum atomic E-state index is 0.964. The molecule has 2 aromatic rings. The van der Waals surface area contributed by atoms with Gasteiger partial charge in [-0.05, 0) is 32.0 Å². The summed E-state index contributed by atoms with van der Waals surface area (Å²) in [5, 5.41) is 1.28. The zero-order valence-corrected chi connectivity index (χ0v) is 8.87. The average molecular weight is 189 g/mol. The Morgan fingerprint density at radius 3 is 2.71 bits per heavy atom. The van der Waals surface area contributed by atoms with Crippen LogP contribution in [-0.2, 0) is 6.54 Å². The fourth-order valence-electron chi connectivity index (χ4n) is 1.95. The largest absolute Gasteiger partial charge is 0.496 e. The van der Waals surface area contributed by atoms with Crippen LogP contribution in [0.2, 0.25) is 0 Å². The lowest BCUT2D eigenvalue weighted by atomic mass is 10.1. The molecule has 0 atom stereocenters. The quantitative estimate of drug-likeness (QED) is 0.708. The maximum Gasteiger partial charge on any atom is 0.123 e. The molecule has 0 aliphatic carbocycles. The van der Waals surface area contributed by atoms with E-state index in [0.717, 1.165) is 12.3 Å². The molecule has 0 aliphatic heterocycles. The first-order valence-electron chi connectivity index (χ1n) is 4.90. The Morgan fingerprint density at radius 1 is 1.29 bits per heavy atom. The maximum atomic E-state index is 5.31. The summed E-state index contributed by atoms with van der Waals surface area (Å²) < 4.78 is 7.55. The molecule has 0 amide bonds. The van der Waals surface area contributed by atoms with Crippen LogP contribution in [0.3, 0.4) is 0 Å². The molecular weight excluding hydrogens is 174 g/mol. The number of nitrogens with zero attached hydrogens (tertiary/aromatic N) is 1. The Morgan fingerprint density at radius 2 is 2.07 bits per heavy atom. The molecule has 14 heavy (non-hydrogen) atoms. The Bertz CT molecular complexity index is 457. The Kier molecular flexibility index (Phi) is 2.20. The number of fused-ring (bicyclic) bond motifs is 1. The van der Waals surface area contributed by atoms with Crippen molar-refractivity contribution in [2.45, 2.75) is 20.4 Å². The van der Waals surface area contributed by atoms with Gasteiger partial charge in [-0.2, -0.15) is 0 Å². The van der Waals surface area contributed by atoms with Crippen molar-refractivity contribution in [3.8, 4) is 5.75 Å². The third-order valence-electron chi connectivity index (χ3n) is 2.69. The molecule has 0 spiro atoms. The van der Waals surface area contributed by atoms with Crippen molar-refractivity contribution in [1.29, 1.82) is 0 Å². The van der Waals surface area contributed by atoms with Gasteiger partial charge in [0, 0.05) is 23.7 Å². The summed E-state index contributed by atoms with van der Waals surface area (Å²) in [6.45, 7) is 5.25. The topological polar surface area (TPSA) is 14.2 Å². The van der Waals surface area contributed by atoms with E-state index in [-0.39, 0.29) is 0 Å². The smallest absolute Gasteiger partial charge is 0.123 e. The van der Waals surface area contributed by atoms with Crippen molar-refractivity contribution in [2.24, 2.45) is 0 Å². The molecule has 0 unspecified atom stereocenters. The zero-order valence-electron chi connectivity index (χ0n) is 8.87. The van der Waals surface area contributed by atoms with Crippen LogP contribution in [0.4, 0.5) is 0 Å². The Balaban J connectivity index is 2.77. The number of benzene rings is 1. The third-order valence-corrected chi connectivity index (χ3v) is 2.69. The van der Waals surface area contributed by atoms with E-state index in [1.165, 1.54) is 16.5 Å². The van der Waals surface area contributed by atoms with E-state index >= 15 is 0 Å². The summed E-state index contributed by atoms with van der Waals surface area (Å²) in [6, 6.07) is 6.27. The summed E-state index contributed by atoms with van der Waals surface area (Å²) in [7, 11) is 1.72. The molecule has 1 aromatic heterocycles. The SMILES string of the molecule is CCn1ccc2ccc(OC)c(C)c21. The molecular formula is C12H15NO. The molecule has 1 heterocycles. The van der Waals surface area contributed by atoms with Gasteiger partial charge in [0.15, 0.2) is 0 Å². The number of aromatic nitrogens is 1. The first kappa shape index (κ1) is 9.13. The molecule has 2 nitrogen and oxygen atoms in total. The normalized spacial score (nSPS) is 10.8. The Hall–Kier alpha value is -1.44. The molecule has 0 aliphatic rings. The van der Waals surface area contributed by atoms with Gasteiger partial charge in [-0.15, -0.1) is 0 Å². The van der Waals surface area contributed by atoms with Crippen molar-refractivity contribution < 1.29 is 4.74 Å². The van der Waals surface area contributed by atoms with Crippen LogP contribution in [0, 0.1) is 6.92 Å².